The van der Waals surface area contributed by atoms with Crippen LogP contribution in [0.4, 0.5) is 5.95 Å². The Morgan fingerprint density at radius 1 is 1.22 bits per heavy atom. The summed E-state index contributed by atoms with van der Waals surface area (Å²) in [5.74, 6) is 3.81. The van der Waals surface area contributed by atoms with E-state index in [1.165, 1.54) is 43.2 Å². The van der Waals surface area contributed by atoms with Gasteiger partial charge < -0.3 is 10.5 Å². The normalized spacial score (nSPS) is 15.2. The maximum absolute atomic E-state index is 5.78. The van der Waals surface area contributed by atoms with E-state index in [0.717, 1.165) is 5.39 Å². The van der Waals surface area contributed by atoms with Crippen LogP contribution in [0, 0.1) is 12.3 Å². The molecular formula is C20H26N6O. The molecule has 0 radical (unpaired) electrons. The maximum Gasteiger partial charge on any atom is 0.223 e. The number of benzene rings is 1. The average Bonchev–Trinajstić information content (AvgIpc) is 3.20. The summed E-state index contributed by atoms with van der Waals surface area (Å²) in [6, 6.07) is 5.63. The Hall–Kier alpha value is -2.85. The molecule has 142 valence electrons. The van der Waals surface area contributed by atoms with Crippen molar-refractivity contribution < 1.29 is 4.74 Å². The number of hydrogen-bond acceptors (Lipinski definition) is 6. The van der Waals surface area contributed by atoms with E-state index in [1.54, 1.807) is 7.11 Å². The number of nitrogens with two attached hydrogens (primary N) is 1. The van der Waals surface area contributed by atoms with Gasteiger partial charge in [0, 0.05) is 5.39 Å². The first-order valence-electron chi connectivity index (χ1n) is 9.12. The first kappa shape index (κ1) is 18.9. The van der Waals surface area contributed by atoms with E-state index in [1.807, 2.05) is 18.2 Å². The zero-order valence-electron chi connectivity index (χ0n) is 16.1. The molecule has 0 bridgehead atoms. The van der Waals surface area contributed by atoms with E-state index < -0.39 is 0 Å². The molecule has 2 N–H and O–H groups in total. The second-order valence-corrected chi connectivity index (χ2v) is 7.07. The molecule has 1 fully saturated rings. The van der Waals surface area contributed by atoms with Crippen LogP contribution in [0.5, 0.6) is 5.75 Å². The van der Waals surface area contributed by atoms with Crippen molar-refractivity contribution in [2.75, 3.05) is 25.9 Å². The van der Waals surface area contributed by atoms with Crippen LogP contribution in [-0.2, 0) is 0 Å². The number of terminal acetylenes is 1. The lowest BCUT2D eigenvalue weighted by atomic mass is 10.00. The summed E-state index contributed by atoms with van der Waals surface area (Å²) < 4.78 is 6.73. The van der Waals surface area contributed by atoms with Gasteiger partial charge >= 0.3 is 0 Å². The SMILES string of the molecule is C#CC(C)(C)N1CCCCC1.COc1cccc2c1nc(N)n1ncnc21. The number of nitrogens with zero attached hydrogens (tertiary/aromatic N) is 5. The van der Waals surface area contributed by atoms with Gasteiger partial charge in [-0.15, -0.1) is 6.42 Å². The number of rotatable bonds is 2. The number of aromatic nitrogens is 4. The van der Waals surface area contributed by atoms with Gasteiger partial charge in [0.05, 0.1) is 12.6 Å². The van der Waals surface area contributed by atoms with Crippen molar-refractivity contribution in [2.45, 2.75) is 38.6 Å². The molecular weight excluding hydrogens is 340 g/mol. The lowest BCUT2D eigenvalue weighted by Crippen LogP contribution is -2.45. The molecule has 0 atom stereocenters. The van der Waals surface area contributed by atoms with Crippen LogP contribution < -0.4 is 10.5 Å². The Bertz CT molecular complexity index is 966. The van der Waals surface area contributed by atoms with E-state index >= 15 is 0 Å². The van der Waals surface area contributed by atoms with E-state index in [0.29, 0.717) is 22.9 Å². The minimum absolute atomic E-state index is 0.0274. The molecule has 0 unspecified atom stereocenters. The minimum Gasteiger partial charge on any atom is -0.494 e. The monoisotopic (exact) mass is 366 g/mol. The number of anilines is 1. The lowest BCUT2D eigenvalue weighted by molar-refractivity contribution is 0.140. The quantitative estimate of drug-likeness (QED) is 0.703. The summed E-state index contributed by atoms with van der Waals surface area (Å²) in [6.45, 7) is 6.60. The van der Waals surface area contributed by atoms with Gasteiger partial charge in [-0.05, 0) is 51.9 Å². The van der Waals surface area contributed by atoms with Gasteiger partial charge in [0.1, 0.15) is 17.6 Å². The molecule has 3 heterocycles. The third kappa shape index (κ3) is 3.81. The van der Waals surface area contributed by atoms with Gasteiger partial charge in [-0.25, -0.2) is 9.97 Å². The lowest BCUT2D eigenvalue weighted by Gasteiger charge is -2.37. The molecule has 1 saturated heterocycles. The number of likely N-dealkylation sites (tertiary alicyclic amines) is 1. The summed E-state index contributed by atoms with van der Waals surface area (Å²) in [7, 11) is 1.60. The Kier molecular flexibility index (Phi) is 5.47. The van der Waals surface area contributed by atoms with Gasteiger partial charge in [0.2, 0.25) is 5.95 Å². The molecule has 4 rings (SSSR count). The third-order valence-electron chi connectivity index (χ3n) is 4.95. The van der Waals surface area contributed by atoms with Crippen molar-refractivity contribution in [3.05, 3.63) is 24.5 Å². The van der Waals surface area contributed by atoms with Crippen LogP contribution in [-0.4, -0.2) is 50.2 Å². The molecule has 1 aliphatic rings. The van der Waals surface area contributed by atoms with Crippen molar-refractivity contribution in [3.8, 4) is 18.1 Å². The Balaban J connectivity index is 0.000000168. The molecule has 3 aromatic rings. The van der Waals surface area contributed by atoms with E-state index in [-0.39, 0.29) is 5.54 Å². The van der Waals surface area contributed by atoms with Crippen molar-refractivity contribution in [2.24, 2.45) is 0 Å². The number of hydrogen-bond donors (Lipinski definition) is 1. The van der Waals surface area contributed by atoms with Gasteiger partial charge in [0.15, 0.2) is 5.65 Å². The van der Waals surface area contributed by atoms with Gasteiger partial charge in [-0.1, -0.05) is 18.4 Å². The Labute approximate surface area is 159 Å². The number of methoxy groups -OCH3 is 1. The molecule has 7 nitrogen and oxygen atoms in total. The van der Waals surface area contributed by atoms with Crippen LogP contribution in [0.3, 0.4) is 0 Å². The standard InChI is InChI=1S/C10H9N5O.C10H17N/c1-16-7-4-2-3-6-8(7)14-10(11)15-9(6)12-5-13-15;1-4-10(2,3)11-8-6-5-7-9-11/h2-5H,1H3,(H2,11,14);1H,5-9H2,2-3H3. The first-order valence-corrected chi connectivity index (χ1v) is 9.12. The number of piperidine rings is 1. The number of nitrogen functional groups attached to an aromatic ring is 1. The molecule has 2 aromatic heterocycles. The molecule has 0 amide bonds. The fraction of sp³-hybridized carbons (Fsp3) is 0.450. The summed E-state index contributed by atoms with van der Waals surface area (Å²) >= 11 is 0. The molecule has 1 aromatic carbocycles. The largest absolute Gasteiger partial charge is 0.494 e. The number of para-hydroxylation sites is 1. The van der Waals surface area contributed by atoms with Crippen molar-refractivity contribution >= 4 is 22.5 Å². The highest BCUT2D eigenvalue weighted by atomic mass is 16.5. The molecule has 1 aliphatic heterocycles. The molecule has 0 spiro atoms. The van der Waals surface area contributed by atoms with Crippen molar-refractivity contribution in [3.63, 3.8) is 0 Å². The highest BCUT2D eigenvalue weighted by Gasteiger charge is 2.24. The fourth-order valence-corrected chi connectivity index (χ4v) is 3.28. The van der Waals surface area contributed by atoms with Crippen LogP contribution in [0.1, 0.15) is 33.1 Å². The second-order valence-electron chi connectivity index (χ2n) is 7.07. The summed E-state index contributed by atoms with van der Waals surface area (Å²) in [5.41, 5.74) is 7.14. The van der Waals surface area contributed by atoms with Gasteiger partial charge in [0.25, 0.3) is 0 Å². The molecule has 0 aliphatic carbocycles. The smallest absolute Gasteiger partial charge is 0.223 e. The number of ether oxygens (including phenoxy) is 1. The number of fused-ring (bicyclic) bond motifs is 3. The minimum atomic E-state index is -0.0274. The fourth-order valence-electron chi connectivity index (χ4n) is 3.28. The second kappa shape index (κ2) is 7.80. The van der Waals surface area contributed by atoms with E-state index in [4.69, 9.17) is 16.9 Å². The first-order chi connectivity index (χ1) is 13.0. The summed E-state index contributed by atoms with van der Waals surface area (Å²) in [4.78, 5) is 10.8. The summed E-state index contributed by atoms with van der Waals surface area (Å²) in [6.07, 6.45) is 10.9. The van der Waals surface area contributed by atoms with Gasteiger partial charge in [-0.2, -0.15) is 9.61 Å². The predicted octanol–water partition coefficient (Wildman–Crippen LogP) is 2.75. The highest BCUT2D eigenvalue weighted by Crippen LogP contribution is 2.26. The zero-order chi connectivity index (χ0) is 19.4. The molecule has 7 heteroatoms. The van der Waals surface area contributed by atoms with E-state index in [9.17, 15) is 0 Å². The maximum atomic E-state index is 5.78. The zero-order valence-corrected chi connectivity index (χ0v) is 16.1. The predicted molar refractivity (Wildman–Crippen MR) is 108 cm³/mol. The van der Waals surface area contributed by atoms with Crippen LogP contribution in [0.15, 0.2) is 24.5 Å². The van der Waals surface area contributed by atoms with Crippen LogP contribution in [0.2, 0.25) is 0 Å². The van der Waals surface area contributed by atoms with E-state index in [2.05, 4.69) is 39.7 Å². The Morgan fingerprint density at radius 3 is 2.63 bits per heavy atom. The summed E-state index contributed by atoms with van der Waals surface area (Å²) in [5, 5.41) is 4.87. The molecule has 0 saturated carbocycles. The average molecular weight is 366 g/mol. The van der Waals surface area contributed by atoms with Crippen molar-refractivity contribution in [1.29, 1.82) is 0 Å². The topological polar surface area (TPSA) is 81.6 Å². The third-order valence-corrected chi connectivity index (χ3v) is 4.95. The van der Waals surface area contributed by atoms with Crippen LogP contribution in [0.25, 0.3) is 16.6 Å². The highest BCUT2D eigenvalue weighted by molar-refractivity contribution is 5.95. The van der Waals surface area contributed by atoms with Gasteiger partial charge in [-0.3, -0.25) is 4.90 Å². The molecule has 27 heavy (non-hydrogen) atoms. The van der Waals surface area contributed by atoms with Crippen LogP contribution >= 0.6 is 0 Å². The van der Waals surface area contributed by atoms with Crippen molar-refractivity contribution in [1.82, 2.24) is 24.5 Å². The Morgan fingerprint density at radius 2 is 1.96 bits per heavy atom.